The maximum absolute atomic E-state index is 13.1. The molecule has 134 valence electrons. The fraction of sp³-hybridized carbons (Fsp3) is 0.632. The molecule has 1 N–H and O–H groups in total. The molecule has 1 aromatic carbocycles. The van der Waals surface area contributed by atoms with E-state index in [-0.39, 0.29) is 17.8 Å². The number of nitrogens with one attached hydrogen (secondary N) is 1. The van der Waals surface area contributed by atoms with E-state index in [1.54, 1.807) is 12.1 Å². The second-order valence-corrected chi connectivity index (χ2v) is 6.65. The van der Waals surface area contributed by atoms with Crippen LogP contribution in [0.2, 0.25) is 0 Å². The van der Waals surface area contributed by atoms with E-state index in [0.29, 0.717) is 25.6 Å². The first-order valence-corrected chi connectivity index (χ1v) is 8.92. The zero-order valence-corrected chi connectivity index (χ0v) is 14.8. The Morgan fingerprint density at radius 1 is 1.42 bits per heavy atom. The van der Waals surface area contributed by atoms with Gasteiger partial charge in [0.25, 0.3) is 0 Å². The van der Waals surface area contributed by atoms with Crippen LogP contribution in [-0.4, -0.2) is 42.6 Å². The quantitative estimate of drug-likeness (QED) is 0.668. The number of nitrogens with zero attached hydrogens (tertiary/aromatic N) is 1. The summed E-state index contributed by atoms with van der Waals surface area (Å²) >= 11 is 0. The van der Waals surface area contributed by atoms with Gasteiger partial charge >= 0.3 is 0 Å². The molecule has 1 saturated heterocycles. The molecule has 1 fully saturated rings. The number of hydrogen-bond acceptors (Lipinski definition) is 3. The van der Waals surface area contributed by atoms with Crippen molar-refractivity contribution in [3.8, 4) is 0 Å². The van der Waals surface area contributed by atoms with E-state index < -0.39 is 0 Å². The van der Waals surface area contributed by atoms with Gasteiger partial charge in [-0.3, -0.25) is 4.79 Å². The molecule has 4 nitrogen and oxygen atoms in total. The topological polar surface area (TPSA) is 41.6 Å². The monoisotopic (exact) mass is 336 g/mol. The van der Waals surface area contributed by atoms with Crippen LogP contribution in [0.25, 0.3) is 0 Å². The van der Waals surface area contributed by atoms with E-state index in [1.807, 2.05) is 24.8 Å². The first-order valence-electron chi connectivity index (χ1n) is 8.92. The lowest BCUT2D eigenvalue weighted by atomic mass is 10.1. The minimum absolute atomic E-state index is 0.203. The summed E-state index contributed by atoms with van der Waals surface area (Å²) in [5.41, 5.74) is 0.945. The minimum atomic E-state index is -0.203. The van der Waals surface area contributed by atoms with Crippen molar-refractivity contribution in [1.29, 1.82) is 0 Å². The van der Waals surface area contributed by atoms with Gasteiger partial charge in [-0.15, -0.1) is 0 Å². The molecule has 0 saturated carbocycles. The van der Waals surface area contributed by atoms with Gasteiger partial charge in [0.05, 0.1) is 6.10 Å². The van der Waals surface area contributed by atoms with Gasteiger partial charge in [0.1, 0.15) is 5.82 Å². The summed E-state index contributed by atoms with van der Waals surface area (Å²) in [6.07, 6.45) is 3.65. The highest BCUT2D eigenvalue weighted by Gasteiger charge is 2.29. The summed E-state index contributed by atoms with van der Waals surface area (Å²) in [4.78, 5) is 14.0. The Kier molecular flexibility index (Phi) is 7.66. The van der Waals surface area contributed by atoms with E-state index in [4.69, 9.17) is 4.74 Å². The zero-order valence-electron chi connectivity index (χ0n) is 14.8. The summed E-state index contributed by atoms with van der Waals surface area (Å²) < 4.78 is 18.7. The van der Waals surface area contributed by atoms with Crippen molar-refractivity contribution in [1.82, 2.24) is 10.2 Å². The number of rotatable bonds is 10. The molecule has 0 aliphatic carbocycles. The Morgan fingerprint density at radius 3 is 3.00 bits per heavy atom. The third kappa shape index (κ3) is 6.21. The van der Waals surface area contributed by atoms with Crippen LogP contribution in [0.15, 0.2) is 24.3 Å². The molecule has 1 amide bonds. The maximum atomic E-state index is 13.1. The first kappa shape index (κ1) is 18.9. The van der Waals surface area contributed by atoms with Gasteiger partial charge in [-0.05, 0) is 57.4 Å². The second kappa shape index (κ2) is 9.74. The fourth-order valence-electron chi connectivity index (χ4n) is 3.10. The van der Waals surface area contributed by atoms with Crippen molar-refractivity contribution >= 4 is 5.91 Å². The van der Waals surface area contributed by atoms with E-state index in [2.05, 4.69) is 5.32 Å². The van der Waals surface area contributed by atoms with Gasteiger partial charge in [0, 0.05) is 32.2 Å². The van der Waals surface area contributed by atoms with Crippen molar-refractivity contribution in [3.05, 3.63) is 35.6 Å². The third-order valence-electron chi connectivity index (χ3n) is 4.32. The molecule has 1 unspecified atom stereocenters. The highest BCUT2D eigenvalue weighted by Crippen LogP contribution is 2.21. The largest absolute Gasteiger partial charge is 0.379 e. The molecule has 0 aromatic heterocycles. The van der Waals surface area contributed by atoms with Crippen molar-refractivity contribution in [3.63, 3.8) is 0 Å². The van der Waals surface area contributed by atoms with E-state index in [1.165, 1.54) is 6.07 Å². The Labute approximate surface area is 144 Å². The highest BCUT2D eigenvalue weighted by molar-refractivity contribution is 5.78. The van der Waals surface area contributed by atoms with Crippen LogP contribution in [0.4, 0.5) is 4.39 Å². The van der Waals surface area contributed by atoms with Crippen LogP contribution in [0, 0.1) is 5.82 Å². The second-order valence-electron chi connectivity index (χ2n) is 6.65. The van der Waals surface area contributed by atoms with Crippen LogP contribution >= 0.6 is 0 Å². The SMILES string of the molecule is CC(C)OCCCN1C(=O)CCC1CCNCc1cccc(F)c1. The van der Waals surface area contributed by atoms with Crippen molar-refractivity contribution in [2.45, 2.75) is 58.2 Å². The van der Waals surface area contributed by atoms with E-state index >= 15 is 0 Å². The predicted octanol–water partition coefficient (Wildman–Crippen LogP) is 3.11. The molecule has 1 aromatic rings. The molecule has 24 heavy (non-hydrogen) atoms. The van der Waals surface area contributed by atoms with Crippen molar-refractivity contribution < 1.29 is 13.9 Å². The van der Waals surface area contributed by atoms with Crippen LogP contribution < -0.4 is 5.32 Å². The fourth-order valence-corrected chi connectivity index (χ4v) is 3.10. The summed E-state index contributed by atoms with van der Waals surface area (Å²) in [6.45, 7) is 7.00. The highest BCUT2D eigenvalue weighted by atomic mass is 19.1. The van der Waals surface area contributed by atoms with Crippen molar-refractivity contribution in [2.24, 2.45) is 0 Å². The number of carbonyl (C=O) groups excluding carboxylic acids is 1. The van der Waals surface area contributed by atoms with Crippen LogP contribution in [0.3, 0.4) is 0 Å². The maximum Gasteiger partial charge on any atom is 0.222 e. The summed E-state index contributed by atoms with van der Waals surface area (Å²) in [5.74, 6) is 0.0557. The van der Waals surface area contributed by atoms with Crippen LogP contribution in [-0.2, 0) is 16.1 Å². The van der Waals surface area contributed by atoms with Crippen LogP contribution in [0.5, 0.6) is 0 Å². The van der Waals surface area contributed by atoms with E-state index in [9.17, 15) is 9.18 Å². The van der Waals surface area contributed by atoms with Gasteiger partial charge in [0.2, 0.25) is 5.91 Å². The number of ether oxygens (including phenoxy) is 1. The Balaban J connectivity index is 1.67. The summed E-state index contributed by atoms with van der Waals surface area (Å²) in [7, 11) is 0. The molecule has 1 atom stereocenters. The lowest BCUT2D eigenvalue weighted by Crippen LogP contribution is -2.36. The molecule has 1 aliphatic rings. The first-order chi connectivity index (χ1) is 11.6. The Bertz CT molecular complexity index is 522. The Hall–Kier alpha value is -1.46. The lowest BCUT2D eigenvalue weighted by molar-refractivity contribution is -0.129. The zero-order chi connectivity index (χ0) is 17.4. The van der Waals surface area contributed by atoms with E-state index in [0.717, 1.165) is 37.9 Å². The molecule has 1 heterocycles. The van der Waals surface area contributed by atoms with Crippen molar-refractivity contribution in [2.75, 3.05) is 19.7 Å². The van der Waals surface area contributed by atoms with Gasteiger partial charge in [0.15, 0.2) is 0 Å². The third-order valence-corrected chi connectivity index (χ3v) is 4.32. The summed E-state index contributed by atoms with van der Waals surface area (Å²) in [6, 6.07) is 6.96. The normalized spacial score (nSPS) is 17.9. The lowest BCUT2D eigenvalue weighted by Gasteiger charge is -2.25. The molecule has 0 bridgehead atoms. The van der Waals surface area contributed by atoms with Gasteiger partial charge in [-0.25, -0.2) is 4.39 Å². The van der Waals surface area contributed by atoms with Gasteiger partial charge in [-0.1, -0.05) is 12.1 Å². The molecule has 1 aliphatic heterocycles. The number of hydrogen-bond donors (Lipinski definition) is 1. The average molecular weight is 336 g/mol. The average Bonchev–Trinajstić information content (AvgIpc) is 2.88. The molecule has 0 spiro atoms. The van der Waals surface area contributed by atoms with Gasteiger partial charge < -0.3 is 15.0 Å². The minimum Gasteiger partial charge on any atom is -0.379 e. The number of benzene rings is 1. The molecular weight excluding hydrogens is 307 g/mol. The smallest absolute Gasteiger partial charge is 0.222 e. The molecular formula is C19H29FN2O2. The number of likely N-dealkylation sites (tertiary alicyclic amines) is 1. The Morgan fingerprint density at radius 2 is 2.25 bits per heavy atom. The molecule has 2 rings (SSSR count). The predicted molar refractivity (Wildman–Crippen MR) is 93.2 cm³/mol. The standard InChI is InChI=1S/C19H29FN2O2/c1-15(2)24-12-4-11-22-18(7-8-19(22)23)9-10-21-14-16-5-3-6-17(20)13-16/h3,5-6,13,15,18,21H,4,7-12,14H2,1-2H3. The number of halogens is 1. The summed E-state index contributed by atoms with van der Waals surface area (Å²) in [5, 5.41) is 3.34. The van der Waals surface area contributed by atoms with Gasteiger partial charge in [-0.2, -0.15) is 0 Å². The number of amides is 1. The number of carbonyl (C=O) groups is 1. The molecule has 0 radical (unpaired) electrons. The van der Waals surface area contributed by atoms with Crippen LogP contribution in [0.1, 0.15) is 45.1 Å². The molecule has 5 heteroatoms.